The average Bonchev–Trinajstić information content (AvgIpc) is 3.13. The van der Waals surface area contributed by atoms with Crippen LogP contribution in [-0.4, -0.2) is 0 Å². The van der Waals surface area contributed by atoms with E-state index in [2.05, 4.69) is 192 Å². The fourth-order valence-corrected chi connectivity index (χ4v) is 7.14. The van der Waals surface area contributed by atoms with E-state index in [1.54, 1.807) is 0 Å². The second-order valence-electron chi connectivity index (χ2n) is 11.8. The van der Waals surface area contributed by atoms with Crippen molar-refractivity contribution in [2.75, 3.05) is 9.80 Å². The first-order valence-corrected chi connectivity index (χ1v) is 15.8. The number of benzene rings is 8. The zero-order valence-electron chi connectivity index (χ0n) is 25.2. The molecule has 0 bridgehead atoms. The molecule has 9 rings (SSSR count). The lowest BCUT2D eigenvalue weighted by molar-refractivity contribution is 1.26. The molecular weight excluding hydrogens is 556 g/mol. The maximum Gasteiger partial charge on any atom is 0.0547 e. The summed E-state index contributed by atoms with van der Waals surface area (Å²) in [4.78, 5) is 4.80. The highest BCUT2D eigenvalue weighted by atomic mass is 15.2. The van der Waals surface area contributed by atoms with E-state index in [0.717, 1.165) is 22.7 Å². The predicted octanol–water partition coefficient (Wildman–Crippen LogP) is 12.6. The first-order valence-electron chi connectivity index (χ1n) is 15.8. The molecule has 2 nitrogen and oxygen atoms in total. The van der Waals surface area contributed by atoms with Crippen molar-refractivity contribution < 1.29 is 0 Å². The lowest BCUT2D eigenvalue weighted by atomic mass is 9.87. The molecule has 8 aromatic rings. The van der Waals surface area contributed by atoms with Gasteiger partial charge in [-0.1, -0.05) is 127 Å². The summed E-state index contributed by atoms with van der Waals surface area (Å²) in [5.74, 6) is 0. The molecule has 0 saturated carbocycles. The van der Waals surface area contributed by atoms with Crippen LogP contribution in [0.2, 0.25) is 0 Å². The lowest BCUT2D eigenvalue weighted by Gasteiger charge is -2.34. The van der Waals surface area contributed by atoms with E-state index in [1.807, 2.05) is 0 Å². The minimum Gasteiger partial charge on any atom is -0.310 e. The van der Waals surface area contributed by atoms with E-state index in [0.29, 0.717) is 0 Å². The van der Waals surface area contributed by atoms with Gasteiger partial charge in [0.25, 0.3) is 0 Å². The molecule has 0 fully saturated rings. The molecule has 0 atom stereocenters. The van der Waals surface area contributed by atoms with Gasteiger partial charge >= 0.3 is 0 Å². The van der Waals surface area contributed by atoms with Crippen LogP contribution in [0.5, 0.6) is 0 Å². The Kier molecular flexibility index (Phi) is 6.17. The van der Waals surface area contributed by atoms with Crippen LogP contribution in [0.3, 0.4) is 0 Å². The Labute approximate surface area is 269 Å². The Morgan fingerprint density at radius 2 is 1.02 bits per heavy atom. The van der Waals surface area contributed by atoms with Crippen molar-refractivity contribution in [3.63, 3.8) is 0 Å². The van der Waals surface area contributed by atoms with Crippen molar-refractivity contribution in [2.45, 2.75) is 0 Å². The fraction of sp³-hybridized carbons (Fsp3) is 0. The summed E-state index contributed by atoms with van der Waals surface area (Å²) in [6.45, 7) is 0. The first kappa shape index (κ1) is 26.3. The van der Waals surface area contributed by atoms with E-state index in [1.165, 1.54) is 55.2 Å². The maximum absolute atomic E-state index is 2.44. The lowest BCUT2D eigenvalue weighted by Crippen LogP contribution is -2.16. The van der Waals surface area contributed by atoms with Gasteiger partial charge in [-0.05, 0) is 81.9 Å². The van der Waals surface area contributed by atoms with Crippen LogP contribution < -0.4 is 9.80 Å². The quantitative estimate of drug-likeness (QED) is 0.198. The molecule has 1 heterocycles. The van der Waals surface area contributed by atoms with Crippen LogP contribution in [0.25, 0.3) is 43.8 Å². The molecule has 0 radical (unpaired) electrons. The number of para-hydroxylation sites is 2. The smallest absolute Gasteiger partial charge is 0.0547 e. The highest BCUT2D eigenvalue weighted by molar-refractivity contribution is 6.19. The molecule has 8 aromatic carbocycles. The van der Waals surface area contributed by atoms with Crippen molar-refractivity contribution in [1.29, 1.82) is 0 Å². The van der Waals surface area contributed by atoms with Crippen molar-refractivity contribution in [1.82, 2.24) is 0 Å². The van der Waals surface area contributed by atoms with Crippen LogP contribution in [0.1, 0.15) is 0 Å². The van der Waals surface area contributed by atoms with Gasteiger partial charge in [-0.25, -0.2) is 0 Å². The highest BCUT2D eigenvalue weighted by Gasteiger charge is 2.27. The van der Waals surface area contributed by atoms with Crippen LogP contribution >= 0.6 is 0 Å². The summed E-state index contributed by atoms with van der Waals surface area (Å²) in [5, 5.41) is 5.07. The van der Waals surface area contributed by atoms with Gasteiger partial charge in [0.2, 0.25) is 0 Å². The molecule has 0 aliphatic carbocycles. The number of anilines is 6. The van der Waals surface area contributed by atoms with Gasteiger partial charge in [-0.15, -0.1) is 0 Å². The molecule has 46 heavy (non-hydrogen) atoms. The second-order valence-corrected chi connectivity index (χ2v) is 11.8. The number of hydrogen-bond acceptors (Lipinski definition) is 2. The van der Waals surface area contributed by atoms with Gasteiger partial charge in [0.15, 0.2) is 0 Å². The Balaban J connectivity index is 1.23. The molecule has 0 amide bonds. The summed E-state index contributed by atoms with van der Waals surface area (Å²) in [6, 6.07) is 65.6. The van der Waals surface area contributed by atoms with Gasteiger partial charge in [0.1, 0.15) is 0 Å². The Morgan fingerprint density at radius 1 is 0.391 bits per heavy atom. The summed E-state index contributed by atoms with van der Waals surface area (Å²) in [5.41, 5.74) is 11.9. The Morgan fingerprint density at radius 3 is 1.85 bits per heavy atom. The van der Waals surface area contributed by atoms with E-state index in [4.69, 9.17) is 0 Å². The van der Waals surface area contributed by atoms with Gasteiger partial charge in [-0.2, -0.15) is 0 Å². The molecule has 0 aromatic heterocycles. The summed E-state index contributed by atoms with van der Waals surface area (Å²) in [6.07, 6.45) is 0. The highest BCUT2D eigenvalue weighted by Crippen LogP contribution is 2.53. The molecule has 0 N–H and O–H groups in total. The van der Waals surface area contributed by atoms with Gasteiger partial charge in [0, 0.05) is 33.6 Å². The summed E-state index contributed by atoms with van der Waals surface area (Å²) < 4.78 is 0. The summed E-state index contributed by atoms with van der Waals surface area (Å²) in [7, 11) is 0. The predicted molar refractivity (Wildman–Crippen MR) is 195 cm³/mol. The largest absolute Gasteiger partial charge is 0.310 e. The average molecular weight is 587 g/mol. The van der Waals surface area contributed by atoms with E-state index >= 15 is 0 Å². The zero-order valence-corrected chi connectivity index (χ0v) is 25.2. The van der Waals surface area contributed by atoms with Gasteiger partial charge in [0.05, 0.1) is 17.1 Å². The molecule has 1 aliphatic heterocycles. The molecule has 216 valence electrons. The van der Waals surface area contributed by atoms with Crippen LogP contribution in [0.15, 0.2) is 182 Å². The van der Waals surface area contributed by atoms with E-state index in [-0.39, 0.29) is 0 Å². The Bertz CT molecular complexity index is 2350. The normalized spacial score (nSPS) is 11.9. The van der Waals surface area contributed by atoms with Crippen LogP contribution in [-0.2, 0) is 0 Å². The van der Waals surface area contributed by atoms with Crippen molar-refractivity contribution in [3.05, 3.63) is 182 Å². The molecule has 0 unspecified atom stereocenters. The molecule has 0 saturated heterocycles. The first-order chi connectivity index (χ1) is 22.8. The third-order valence-corrected chi connectivity index (χ3v) is 9.15. The van der Waals surface area contributed by atoms with Gasteiger partial charge in [-0.3, -0.25) is 0 Å². The van der Waals surface area contributed by atoms with Gasteiger partial charge < -0.3 is 9.80 Å². The van der Waals surface area contributed by atoms with Crippen LogP contribution in [0.4, 0.5) is 34.1 Å². The second kappa shape index (κ2) is 10.8. The number of fused-ring (bicyclic) bond motifs is 4. The van der Waals surface area contributed by atoms with E-state index < -0.39 is 0 Å². The summed E-state index contributed by atoms with van der Waals surface area (Å²) >= 11 is 0. The maximum atomic E-state index is 2.44. The fourth-order valence-electron chi connectivity index (χ4n) is 7.14. The minimum absolute atomic E-state index is 1.10. The SMILES string of the molecule is c1ccc(-c2ccccc2N(c2ccccc2)c2ccc(N3c4ccc5ccccc5c4-c4cccc5cccc3c45)cc2)cc1. The van der Waals surface area contributed by atoms with Crippen molar-refractivity contribution in [2.24, 2.45) is 0 Å². The third-order valence-electron chi connectivity index (χ3n) is 9.15. The standard InChI is InChI=1S/C44H30N2/c1-3-13-31(14-4-1)37-20-9-10-23-40(37)45(34-18-5-2-6-19-34)35-26-28-36(29-27-35)46-41-24-12-17-33-16-11-22-39(43(33)41)44-38-21-8-7-15-32(38)25-30-42(44)46/h1-30H. The number of rotatable bonds is 5. The van der Waals surface area contributed by atoms with Crippen LogP contribution in [0, 0.1) is 0 Å². The Hall–Kier alpha value is -6.12. The number of nitrogens with zero attached hydrogens (tertiary/aromatic N) is 2. The zero-order chi connectivity index (χ0) is 30.5. The van der Waals surface area contributed by atoms with Crippen molar-refractivity contribution >= 4 is 55.7 Å². The molecular formula is C44H30N2. The molecule has 0 spiro atoms. The number of hydrogen-bond donors (Lipinski definition) is 0. The minimum atomic E-state index is 1.10. The monoisotopic (exact) mass is 586 g/mol. The van der Waals surface area contributed by atoms with Crippen molar-refractivity contribution in [3.8, 4) is 22.3 Å². The third kappa shape index (κ3) is 4.19. The van der Waals surface area contributed by atoms with E-state index in [9.17, 15) is 0 Å². The molecule has 1 aliphatic rings. The topological polar surface area (TPSA) is 6.48 Å². The molecule has 2 heteroatoms.